The third-order valence-corrected chi connectivity index (χ3v) is 2.07. The molecule has 4 heteroatoms. The van der Waals surface area contributed by atoms with E-state index in [4.69, 9.17) is 15.9 Å². The first kappa shape index (κ1) is 16.0. The molecule has 0 aliphatic carbocycles. The molecule has 0 aromatic carbocycles. The SMILES string of the molecule is C#CCOC(=C)C=C.C=CC(=O)N1CCOCC1. The summed E-state index contributed by atoms with van der Waals surface area (Å²) in [5.74, 6) is 2.82. The van der Waals surface area contributed by atoms with Crippen molar-refractivity contribution in [1.82, 2.24) is 4.90 Å². The van der Waals surface area contributed by atoms with Gasteiger partial charge in [-0.15, -0.1) is 6.42 Å². The zero-order chi connectivity index (χ0) is 13.8. The smallest absolute Gasteiger partial charge is 0.246 e. The zero-order valence-electron chi connectivity index (χ0n) is 10.6. The summed E-state index contributed by atoms with van der Waals surface area (Å²) < 4.78 is 9.86. The number of morpholine rings is 1. The van der Waals surface area contributed by atoms with Crippen LogP contribution in [-0.4, -0.2) is 43.7 Å². The first-order valence-electron chi connectivity index (χ1n) is 5.52. The first-order valence-corrected chi connectivity index (χ1v) is 5.52. The van der Waals surface area contributed by atoms with E-state index in [1.807, 2.05) is 0 Å². The van der Waals surface area contributed by atoms with E-state index in [1.165, 1.54) is 12.2 Å². The van der Waals surface area contributed by atoms with E-state index in [2.05, 4.69) is 25.7 Å². The monoisotopic (exact) mass is 249 g/mol. The number of rotatable bonds is 4. The van der Waals surface area contributed by atoms with Crippen LogP contribution in [0.5, 0.6) is 0 Å². The van der Waals surface area contributed by atoms with E-state index >= 15 is 0 Å². The number of terminal acetylenes is 1. The Morgan fingerprint density at radius 2 is 2.00 bits per heavy atom. The molecule has 1 rings (SSSR count). The van der Waals surface area contributed by atoms with Gasteiger partial charge in [0.25, 0.3) is 0 Å². The Kier molecular flexibility index (Phi) is 9.06. The van der Waals surface area contributed by atoms with Crippen LogP contribution < -0.4 is 0 Å². The number of allylic oxidation sites excluding steroid dienone is 1. The molecule has 0 saturated carbocycles. The molecule has 1 amide bonds. The molecule has 4 nitrogen and oxygen atoms in total. The molecular formula is C14H19NO3. The second-order valence-corrected chi connectivity index (χ2v) is 3.31. The van der Waals surface area contributed by atoms with E-state index < -0.39 is 0 Å². The minimum atomic E-state index is 0.00306. The highest BCUT2D eigenvalue weighted by molar-refractivity contribution is 5.87. The van der Waals surface area contributed by atoms with Crippen LogP contribution in [0.3, 0.4) is 0 Å². The summed E-state index contributed by atoms with van der Waals surface area (Å²) in [4.78, 5) is 12.7. The van der Waals surface area contributed by atoms with Crippen molar-refractivity contribution in [3.63, 3.8) is 0 Å². The van der Waals surface area contributed by atoms with Gasteiger partial charge >= 0.3 is 0 Å². The molecular weight excluding hydrogens is 230 g/mol. The van der Waals surface area contributed by atoms with Gasteiger partial charge in [-0.1, -0.05) is 25.7 Å². The molecule has 1 heterocycles. The molecule has 0 radical (unpaired) electrons. The summed E-state index contributed by atoms with van der Waals surface area (Å²) in [5.41, 5.74) is 0. The Morgan fingerprint density at radius 3 is 2.44 bits per heavy atom. The number of ether oxygens (including phenoxy) is 2. The first-order chi connectivity index (χ1) is 8.65. The molecule has 0 unspecified atom stereocenters. The van der Waals surface area contributed by atoms with Crippen molar-refractivity contribution in [3.05, 3.63) is 37.6 Å². The third-order valence-electron chi connectivity index (χ3n) is 2.07. The molecule has 0 spiro atoms. The van der Waals surface area contributed by atoms with Gasteiger partial charge in [0.15, 0.2) is 0 Å². The number of carbonyl (C=O) groups is 1. The van der Waals surface area contributed by atoms with E-state index in [1.54, 1.807) is 4.90 Å². The molecule has 1 saturated heterocycles. The Bertz CT molecular complexity index is 335. The minimum absolute atomic E-state index is 0.00306. The lowest BCUT2D eigenvalue weighted by atomic mass is 10.4. The van der Waals surface area contributed by atoms with Gasteiger partial charge in [-0.2, -0.15) is 0 Å². The number of hydrogen-bond acceptors (Lipinski definition) is 3. The van der Waals surface area contributed by atoms with Crippen LogP contribution >= 0.6 is 0 Å². The van der Waals surface area contributed by atoms with Crippen molar-refractivity contribution >= 4 is 5.91 Å². The lowest BCUT2D eigenvalue weighted by molar-refractivity contribution is -0.129. The Hall–Kier alpha value is -1.99. The number of amides is 1. The van der Waals surface area contributed by atoms with Gasteiger partial charge in [0.1, 0.15) is 12.4 Å². The standard InChI is InChI=1S/C7H11NO2.C7H8O/c1-2-7(9)8-3-5-10-6-4-8;1-4-6-8-7(3)5-2/h2H,1,3-6H2;1,5H,2-3,6H2. The van der Waals surface area contributed by atoms with E-state index in [9.17, 15) is 4.79 Å². The highest BCUT2D eigenvalue weighted by atomic mass is 16.5. The van der Waals surface area contributed by atoms with Crippen LogP contribution in [0, 0.1) is 12.3 Å². The van der Waals surface area contributed by atoms with Crippen LogP contribution in [0.25, 0.3) is 0 Å². The Labute approximate surface area is 109 Å². The lowest BCUT2D eigenvalue weighted by Crippen LogP contribution is -2.39. The van der Waals surface area contributed by atoms with Gasteiger partial charge in [-0.05, 0) is 12.2 Å². The van der Waals surface area contributed by atoms with Crippen LogP contribution in [0.1, 0.15) is 0 Å². The summed E-state index contributed by atoms with van der Waals surface area (Å²) in [6.07, 6.45) is 7.73. The van der Waals surface area contributed by atoms with Gasteiger partial charge in [0.05, 0.1) is 13.2 Å². The maximum absolute atomic E-state index is 10.9. The van der Waals surface area contributed by atoms with Crippen molar-refractivity contribution in [2.24, 2.45) is 0 Å². The van der Waals surface area contributed by atoms with E-state index in [0.29, 0.717) is 32.1 Å². The largest absolute Gasteiger partial charge is 0.482 e. The third kappa shape index (κ3) is 7.31. The van der Waals surface area contributed by atoms with Gasteiger partial charge in [0, 0.05) is 13.1 Å². The Morgan fingerprint density at radius 1 is 1.39 bits per heavy atom. The molecule has 0 atom stereocenters. The fraction of sp³-hybridized carbons (Fsp3) is 0.357. The highest BCUT2D eigenvalue weighted by Crippen LogP contribution is 1.96. The predicted octanol–water partition coefficient (Wildman–Crippen LogP) is 1.37. The molecule has 0 aromatic heterocycles. The van der Waals surface area contributed by atoms with Crippen molar-refractivity contribution in [2.75, 3.05) is 32.9 Å². The van der Waals surface area contributed by atoms with Gasteiger partial charge in [0.2, 0.25) is 5.91 Å². The fourth-order valence-corrected chi connectivity index (χ4v) is 1.11. The molecule has 0 aromatic rings. The van der Waals surface area contributed by atoms with Crippen molar-refractivity contribution in [1.29, 1.82) is 0 Å². The summed E-state index contributed by atoms with van der Waals surface area (Å²) in [7, 11) is 0. The maximum atomic E-state index is 10.9. The van der Waals surface area contributed by atoms with Crippen molar-refractivity contribution < 1.29 is 14.3 Å². The quantitative estimate of drug-likeness (QED) is 0.327. The predicted molar refractivity (Wildman–Crippen MR) is 71.7 cm³/mol. The zero-order valence-corrected chi connectivity index (χ0v) is 10.6. The summed E-state index contributed by atoms with van der Waals surface area (Å²) in [5, 5.41) is 0. The molecule has 0 N–H and O–H groups in total. The average molecular weight is 249 g/mol. The maximum Gasteiger partial charge on any atom is 0.246 e. The fourth-order valence-electron chi connectivity index (χ4n) is 1.11. The normalized spacial score (nSPS) is 13.4. The molecule has 98 valence electrons. The van der Waals surface area contributed by atoms with Crippen molar-refractivity contribution in [2.45, 2.75) is 0 Å². The molecule has 1 fully saturated rings. The van der Waals surface area contributed by atoms with Crippen LogP contribution in [-0.2, 0) is 14.3 Å². The summed E-state index contributed by atoms with van der Waals surface area (Å²) in [6.45, 7) is 13.3. The average Bonchev–Trinajstić information content (AvgIpc) is 2.45. The molecule has 1 aliphatic heterocycles. The number of nitrogens with zero attached hydrogens (tertiary/aromatic N) is 1. The van der Waals surface area contributed by atoms with Gasteiger partial charge in [-0.25, -0.2) is 0 Å². The molecule has 18 heavy (non-hydrogen) atoms. The van der Waals surface area contributed by atoms with Crippen LogP contribution in [0.4, 0.5) is 0 Å². The van der Waals surface area contributed by atoms with Crippen molar-refractivity contribution in [3.8, 4) is 12.3 Å². The summed E-state index contributed by atoms with van der Waals surface area (Å²) in [6, 6.07) is 0. The minimum Gasteiger partial charge on any atom is -0.482 e. The lowest BCUT2D eigenvalue weighted by Gasteiger charge is -2.25. The van der Waals surface area contributed by atoms with E-state index in [0.717, 1.165) is 0 Å². The van der Waals surface area contributed by atoms with Gasteiger partial charge in [-0.3, -0.25) is 4.79 Å². The molecule has 1 aliphatic rings. The number of hydrogen-bond donors (Lipinski definition) is 0. The Balaban J connectivity index is 0.000000331. The second kappa shape index (κ2) is 10.2. The number of carbonyl (C=O) groups excluding carboxylic acids is 1. The topological polar surface area (TPSA) is 38.8 Å². The highest BCUT2D eigenvalue weighted by Gasteiger charge is 2.12. The molecule has 0 bridgehead atoms. The van der Waals surface area contributed by atoms with Gasteiger partial charge < -0.3 is 14.4 Å². The van der Waals surface area contributed by atoms with Crippen LogP contribution in [0.15, 0.2) is 37.6 Å². The second-order valence-electron chi connectivity index (χ2n) is 3.31. The van der Waals surface area contributed by atoms with E-state index in [-0.39, 0.29) is 12.5 Å². The van der Waals surface area contributed by atoms with Crippen LogP contribution in [0.2, 0.25) is 0 Å². The summed E-state index contributed by atoms with van der Waals surface area (Å²) >= 11 is 0.